The van der Waals surface area contributed by atoms with E-state index in [0.29, 0.717) is 11.7 Å². The Morgan fingerprint density at radius 3 is 3.11 bits per heavy atom. The second-order valence-electron chi connectivity index (χ2n) is 2.99. The number of ketones is 1. The number of carbonyl (C=O) groups excluding carboxylic acids is 1. The molecule has 1 saturated carbocycles. The first-order valence-corrected chi connectivity index (χ1v) is 3.64. The minimum atomic E-state index is 0.255. The maximum absolute atomic E-state index is 11.0. The summed E-state index contributed by atoms with van der Waals surface area (Å²) in [6, 6.07) is 0.255. The van der Waals surface area contributed by atoms with Gasteiger partial charge in [0.2, 0.25) is 0 Å². The summed E-state index contributed by atoms with van der Waals surface area (Å²) in [4.78, 5) is 11.0. The Morgan fingerprint density at radius 1 is 1.44 bits per heavy atom. The molecule has 0 aromatic heterocycles. The molecular weight excluding hydrogens is 114 g/mol. The lowest BCUT2D eigenvalue weighted by Crippen LogP contribution is -2.29. The van der Waals surface area contributed by atoms with Crippen LogP contribution < -0.4 is 5.32 Å². The van der Waals surface area contributed by atoms with Gasteiger partial charge in [0.25, 0.3) is 0 Å². The Morgan fingerprint density at radius 2 is 2.33 bits per heavy atom. The molecule has 2 fully saturated rings. The Labute approximate surface area is 54.6 Å². The topological polar surface area (TPSA) is 29.1 Å². The van der Waals surface area contributed by atoms with E-state index in [4.69, 9.17) is 0 Å². The number of rotatable bonds is 0. The van der Waals surface area contributed by atoms with E-state index in [-0.39, 0.29) is 6.04 Å². The highest BCUT2D eigenvalue weighted by Gasteiger charge is 2.37. The lowest BCUT2D eigenvalue weighted by Gasteiger charge is -2.03. The van der Waals surface area contributed by atoms with E-state index in [1.165, 1.54) is 6.42 Å². The molecule has 2 heteroatoms. The van der Waals surface area contributed by atoms with E-state index in [1.54, 1.807) is 0 Å². The van der Waals surface area contributed by atoms with Crippen molar-refractivity contribution in [2.75, 3.05) is 6.54 Å². The van der Waals surface area contributed by atoms with E-state index in [2.05, 4.69) is 5.32 Å². The molecule has 1 aliphatic carbocycles. The molecule has 0 amide bonds. The van der Waals surface area contributed by atoms with E-state index in [1.807, 2.05) is 0 Å². The van der Waals surface area contributed by atoms with Crippen molar-refractivity contribution in [3.8, 4) is 0 Å². The molecule has 0 spiro atoms. The van der Waals surface area contributed by atoms with Crippen LogP contribution >= 0.6 is 0 Å². The van der Waals surface area contributed by atoms with Gasteiger partial charge in [-0.25, -0.2) is 0 Å². The predicted molar refractivity (Wildman–Crippen MR) is 34.1 cm³/mol. The lowest BCUT2D eigenvalue weighted by atomic mass is 10.1. The van der Waals surface area contributed by atoms with Crippen molar-refractivity contribution in [2.45, 2.75) is 25.3 Å². The van der Waals surface area contributed by atoms with Crippen molar-refractivity contribution in [2.24, 2.45) is 5.92 Å². The Balaban J connectivity index is 2.15. The van der Waals surface area contributed by atoms with Gasteiger partial charge in [-0.05, 0) is 25.3 Å². The Hall–Kier alpha value is -0.370. The van der Waals surface area contributed by atoms with Crippen molar-refractivity contribution >= 4 is 5.78 Å². The average molecular weight is 125 g/mol. The van der Waals surface area contributed by atoms with Gasteiger partial charge in [0.1, 0.15) is 5.78 Å². The maximum atomic E-state index is 11.0. The summed E-state index contributed by atoms with van der Waals surface area (Å²) in [6.45, 7) is 1.06. The van der Waals surface area contributed by atoms with Crippen LogP contribution in [0.2, 0.25) is 0 Å². The van der Waals surface area contributed by atoms with Gasteiger partial charge in [-0.1, -0.05) is 0 Å². The largest absolute Gasteiger partial charge is 0.307 e. The molecule has 2 aliphatic rings. The first-order valence-electron chi connectivity index (χ1n) is 3.64. The third-order valence-electron chi connectivity index (χ3n) is 2.46. The van der Waals surface area contributed by atoms with Crippen molar-refractivity contribution < 1.29 is 4.79 Å². The van der Waals surface area contributed by atoms with E-state index >= 15 is 0 Å². The molecule has 1 aliphatic heterocycles. The second-order valence-corrected chi connectivity index (χ2v) is 2.99. The molecule has 1 heterocycles. The molecular formula is C7H11NO. The number of fused-ring (bicyclic) bond motifs is 1. The first kappa shape index (κ1) is 5.42. The fourth-order valence-electron chi connectivity index (χ4n) is 1.93. The second kappa shape index (κ2) is 1.81. The highest BCUT2D eigenvalue weighted by molar-refractivity contribution is 5.86. The van der Waals surface area contributed by atoms with Crippen molar-refractivity contribution in [3.05, 3.63) is 0 Å². The van der Waals surface area contributed by atoms with Crippen LogP contribution in [0.4, 0.5) is 0 Å². The molecule has 2 rings (SSSR count). The number of Topliss-reactive ketones (excluding diaryl/α,β-unsaturated/α-hetero) is 1. The summed E-state index contributed by atoms with van der Waals surface area (Å²) in [5.41, 5.74) is 0. The van der Waals surface area contributed by atoms with Gasteiger partial charge in [0, 0.05) is 6.42 Å². The highest BCUT2D eigenvalue weighted by atomic mass is 16.1. The molecule has 0 aromatic rings. The smallest absolute Gasteiger partial charge is 0.150 e. The summed E-state index contributed by atoms with van der Waals surface area (Å²) in [7, 11) is 0. The van der Waals surface area contributed by atoms with Crippen LogP contribution in [0, 0.1) is 5.92 Å². The summed E-state index contributed by atoms with van der Waals surface area (Å²) < 4.78 is 0. The molecule has 50 valence electrons. The summed E-state index contributed by atoms with van der Waals surface area (Å²) in [5, 5.41) is 3.22. The van der Waals surface area contributed by atoms with Crippen molar-refractivity contribution in [1.29, 1.82) is 0 Å². The predicted octanol–water partition coefficient (Wildman–Crippen LogP) is 0.327. The molecule has 1 saturated heterocycles. The number of hydrogen-bond acceptors (Lipinski definition) is 2. The maximum Gasteiger partial charge on any atom is 0.150 e. The molecule has 2 unspecified atom stereocenters. The minimum Gasteiger partial charge on any atom is -0.307 e. The van der Waals surface area contributed by atoms with Crippen LogP contribution in [0.1, 0.15) is 19.3 Å². The van der Waals surface area contributed by atoms with Crippen LogP contribution in [0.5, 0.6) is 0 Å². The van der Waals surface area contributed by atoms with Crippen LogP contribution in [-0.2, 0) is 4.79 Å². The lowest BCUT2D eigenvalue weighted by molar-refractivity contribution is -0.119. The molecule has 9 heavy (non-hydrogen) atoms. The fourth-order valence-corrected chi connectivity index (χ4v) is 1.93. The van der Waals surface area contributed by atoms with Crippen LogP contribution in [0.25, 0.3) is 0 Å². The molecule has 2 atom stereocenters. The first-order chi connectivity index (χ1) is 4.38. The van der Waals surface area contributed by atoms with Crippen LogP contribution in [0.15, 0.2) is 0 Å². The molecule has 0 radical (unpaired) electrons. The zero-order chi connectivity index (χ0) is 6.27. The van der Waals surface area contributed by atoms with Gasteiger partial charge in [-0.2, -0.15) is 0 Å². The minimum absolute atomic E-state index is 0.255. The summed E-state index contributed by atoms with van der Waals surface area (Å²) >= 11 is 0. The molecule has 1 N–H and O–H groups in total. The zero-order valence-corrected chi connectivity index (χ0v) is 5.39. The van der Waals surface area contributed by atoms with Crippen molar-refractivity contribution in [3.63, 3.8) is 0 Å². The van der Waals surface area contributed by atoms with E-state index in [9.17, 15) is 4.79 Å². The summed E-state index contributed by atoms with van der Waals surface area (Å²) in [6.07, 6.45) is 3.18. The van der Waals surface area contributed by atoms with E-state index in [0.717, 1.165) is 19.4 Å². The van der Waals surface area contributed by atoms with Gasteiger partial charge < -0.3 is 5.32 Å². The quantitative estimate of drug-likeness (QED) is 0.505. The van der Waals surface area contributed by atoms with E-state index < -0.39 is 0 Å². The normalized spacial score (nSPS) is 41.6. The summed E-state index contributed by atoms with van der Waals surface area (Å²) in [5.74, 6) is 1.13. The fraction of sp³-hybridized carbons (Fsp3) is 0.857. The number of hydrogen-bond donors (Lipinski definition) is 1. The van der Waals surface area contributed by atoms with Gasteiger partial charge >= 0.3 is 0 Å². The molecule has 2 nitrogen and oxygen atoms in total. The van der Waals surface area contributed by atoms with Gasteiger partial charge in [0.15, 0.2) is 0 Å². The van der Waals surface area contributed by atoms with Gasteiger partial charge in [0.05, 0.1) is 6.04 Å². The van der Waals surface area contributed by atoms with Gasteiger partial charge in [-0.3, -0.25) is 4.79 Å². The zero-order valence-electron chi connectivity index (χ0n) is 5.39. The van der Waals surface area contributed by atoms with Gasteiger partial charge in [-0.15, -0.1) is 0 Å². The third-order valence-corrected chi connectivity index (χ3v) is 2.46. The monoisotopic (exact) mass is 125 g/mol. The Bertz CT molecular complexity index is 144. The van der Waals surface area contributed by atoms with Crippen LogP contribution in [0.3, 0.4) is 0 Å². The van der Waals surface area contributed by atoms with Crippen LogP contribution in [-0.4, -0.2) is 18.4 Å². The Kier molecular flexibility index (Phi) is 1.09. The number of nitrogens with one attached hydrogen (secondary N) is 1. The SMILES string of the molecule is O=C1CCC2CCNC12. The standard InChI is InChI=1S/C7H11NO/c9-6-2-1-5-3-4-8-7(5)6/h5,7-8H,1-4H2. The highest BCUT2D eigenvalue weighted by Crippen LogP contribution is 2.28. The molecule has 0 bridgehead atoms. The average Bonchev–Trinajstić information content (AvgIpc) is 2.35. The number of carbonyl (C=O) groups is 1. The molecule has 0 aromatic carbocycles. The van der Waals surface area contributed by atoms with Crippen molar-refractivity contribution in [1.82, 2.24) is 5.32 Å². The third kappa shape index (κ3) is 0.697.